The topological polar surface area (TPSA) is 98.8 Å². The van der Waals surface area contributed by atoms with E-state index in [0.717, 1.165) is 54.9 Å². The van der Waals surface area contributed by atoms with E-state index >= 15 is 0 Å². The molecule has 0 saturated carbocycles. The highest BCUT2D eigenvalue weighted by Crippen LogP contribution is 2.31. The summed E-state index contributed by atoms with van der Waals surface area (Å²) in [5, 5.41) is 14.2. The summed E-state index contributed by atoms with van der Waals surface area (Å²) >= 11 is 1.63. The minimum atomic E-state index is -1.14. The Balaban J connectivity index is 1.42. The van der Waals surface area contributed by atoms with E-state index in [1.807, 2.05) is 42.6 Å². The van der Waals surface area contributed by atoms with Crippen molar-refractivity contribution in [3.63, 3.8) is 0 Å². The van der Waals surface area contributed by atoms with Crippen LogP contribution in [0.25, 0.3) is 21.1 Å². The van der Waals surface area contributed by atoms with Crippen LogP contribution >= 0.6 is 11.3 Å². The molecular weight excluding hydrogens is 476 g/mol. The summed E-state index contributed by atoms with van der Waals surface area (Å²) in [4.78, 5) is 24.7. The number of hydrogen-bond acceptors (Lipinski definition) is 7. The average molecular weight is 501 g/mol. The molecule has 1 N–H and O–H groups in total. The fourth-order valence-electron chi connectivity index (χ4n) is 4.22. The van der Waals surface area contributed by atoms with E-state index < -0.39 is 5.97 Å². The van der Waals surface area contributed by atoms with Crippen LogP contribution in [-0.4, -0.2) is 38.4 Å². The van der Waals surface area contributed by atoms with Gasteiger partial charge in [0.1, 0.15) is 24.0 Å². The van der Waals surface area contributed by atoms with Gasteiger partial charge in [0.25, 0.3) is 0 Å². The molecule has 5 aromatic rings. The molecule has 0 atom stereocenters. The largest absolute Gasteiger partial charge is 0.486 e. The molecule has 0 spiro atoms. The fourth-order valence-corrected chi connectivity index (χ4v) is 5.10. The average Bonchev–Trinajstić information content (AvgIpc) is 3.42. The van der Waals surface area contributed by atoms with Crippen molar-refractivity contribution in [2.45, 2.75) is 26.5 Å². The molecule has 0 aliphatic carbocycles. The molecule has 36 heavy (non-hydrogen) atoms. The van der Waals surface area contributed by atoms with Gasteiger partial charge in [-0.3, -0.25) is 4.98 Å². The normalized spacial score (nSPS) is 11.5. The van der Waals surface area contributed by atoms with E-state index in [4.69, 9.17) is 14.7 Å². The van der Waals surface area contributed by atoms with Gasteiger partial charge in [-0.15, -0.1) is 11.3 Å². The summed E-state index contributed by atoms with van der Waals surface area (Å²) < 4.78 is 9.52. The summed E-state index contributed by atoms with van der Waals surface area (Å²) in [7, 11) is 0. The second-order valence-electron chi connectivity index (χ2n) is 8.21. The van der Waals surface area contributed by atoms with Crippen molar-refractivity contribution in [1.82, 2.24) is 14.5 Å². The molecule has 0 unspecified atom stereocenters. The van der Waals surface area contributed by atoms with Gasteiger partial charge in [0, 0.05) is 42.0 Å². The maximum Gasteiger partial charge on any atom is 0.350 e. The highest BCUT2D eigenvalue weighted by molar-refractivity contribution is 7.18. The quantitative estimate of drug-likeness (QED) is 0.161. The molecule has 8 nitrogen and oxygen atoms in total. The highest BCUT2D eigenvalue weighted by atomic mass is 32.1. The Morgan fingerprint density at radius 1 is 1.19 bits per heavy atom. The van der Waals surface area contributed by atoms with Gasteiger partial charge in [-0.25, -0.2) is 9.78 Å². The minimum Gasteiger partial charge on any atom is -0.486 e. The maximum atomic E-state index is 10.6. The van der Waals surface area contributed by atoms with Crippen molar-refractivity contribution < 1.29 is 19.5 Å². The van der Waals surface area contributed by atoms with Crippen LogP contribution in [0.4, 0.5) is 0 Å². The van der Waals surface area contributed by atoms with Crippen molar-refractivity contribution >= 4 is 44.6 Å². The monoisotopic (exact) mass is 500 g/mol. The van der Waals surface area contributed by atoms with Crippen LogP contribution in [0.5, 0.6) is 5.75 Å². The summed E-state index contributed by atoms with van der Waals surface area (Å²) in [6.45, 7) is 3.41. The number of oxime groups is 1. The van der Waals surface area contributed by atoms with Crippen LogP contribution in [-0.2, 0) is 29.2 Å². The molecule has 3 heterocycles. The second-order valence-corrected chi connectivity index (χ2v) is 9.33. The third-order valence-corrected chi connectivity index (χ3v) is 6.88. The van der Waals surface area contributed by atoms with E-state index in [1.165, 1.54) is 0 Å². The first-order valence-corrected chi connectivity index (χ1v) is 12.3. The lowest BCUT2D eigenvalue weighted by Crippen LogP contribution is -2.04. The highest BCUT2D eigenvalue weighted by Gasteiger charge is 2.16. The molecule has 0 fully saturated rings. The summed E-state index contributed by atoms with van der Waals surface area (Å²) in [6.07, 6.45) is 4.94. The van der Waals surface area contributed by atoms with Gasteiger partial charge >= 0.3 is 5.97 Å². The van der Waals surface area contributed by atoms with Crippen LogP contribution in [0.3, 0.4) is 0 Å². The molecule has 3 aromatic heterocycles. The van der Waals surface area contributed by atoms with Gasteiger partial charge in [-0.2, -0.15) is 0 Å². The molecule has 5 rings (SSSR count). The van der Waals surface area contributed by atoms with Gasteiger partial charge in [0.2, 0.25) is 0 Å². The fraction of sp³-hybridized carbons (Fsp3) is 0.185. The summed E-state index contributed by atoms with van der Waals surface area (Å²) in [5.74, 6) is -0.388. The Hall–Kier alpha value is -4.24. The van der Waals surface area contributed by atoms with Gasteiger partial charge in [-0.1, -0.05) is 23.4 Å². The first-order chi connectivity index (χ1) is 17.6. The standard InChI is InChI=1S/C27H24N4O4S/c1-18-21(10-12-35-29-15-27(32)33)22-13-20(34-17-26-30-23-6-2-3-7-25(23)36-26)8-9-24(22)31(18)16-19-5-4-11-28-14-19/h2-9,11,13-15H,10,12,16-17H2,1H3,(H,32,33). The number of pyridine rings is 1. The van der Waals surface area contributed by atoms with Crippen molar-refractivity contribution in [3.8, 4) is 5.75 Å². The van der Waals surface area contributed by atoms with E-state index in [2.05, 4.69) is 44.8 Å². The number of aliphatic carboxylic acids is 1. The zero-order chi connectivity index (χ0) is 24.9. The third kappa shape index (κ3) is 5.21. The SMILES string of the molecule is Cc1c(CCON=CC(=O)O)c2cc(OCc3nc4ccccc4s3)ccc2n1Cc1cccnc1. The number of ether oxygens (including phenoxy) is 1. The van der Waals surface area contributed by atoms with Crippen LogP contribution < -0.4 is 4.74 Å². The zero-order valence-corrected chi connectivity index (χ0v) is 20.4. The van der Waals surface area contributed by atoms with Crippen molar-refractivity contribution in [2.24, 2.45) is 5.16 Å². The number of carboxylic acids is 1. The number of fused-ring (bicyclic) bond motifs is 2. The van der Waals surface area contributed by atoms with Crippen LogP contribution in [0, 0.1) is 6.92 Å². The number of hydrogen-bond donors (Lipinski definition) is 1. The predicted octanol–water partition coefficient (Wildman–Crippen LogP) is 5.21. The Kier molecular flexibility index (Phi) is 6.90. The van der Waals surface area contributed by atoms with Gasteiger partial charge in [0.15, 0.2) is 6.21 Å². The lowest BCUT2D eigenvalue weighted by atomic mass is 10.1. The van der Waals surface area contributed by atoms with E-state index in [9.17, 15) is 4.79 Å². The molecule has 0 saturated heterocycles. The lowest BCUT2D eigenvalue weighted by Gasteiger charge is -2.09. The first-order valence-electron chi connectivity index (χ1n) is 11.4. The molecule has 2 aromatic carbocycles. The Morgan fingerprint density at radius 3 is 2.89 bits per heavy atom. The van der Waals surface area contributed by atoms with Crippen LogP contribution in [0.1, 0.15) is 21.8 Å². The molecule has 0 aliphatic heterocycles. The maximum absolute atomic E-state index is 10.6. The summed E-state index contributed by atoms with van der Waals surface area (Å²) in [5.41, 5.74) is 5.36. The van der Waals surface area contributed by atoms with Gasteiger partial charge in [0.05, 0.1) is 10.2 Å². The number of rotatable bonds is 10. The summed E-state index contributed by atoms with van der Waals surface area (Å²) in [6, 6.07) is 18.1. The predicted molar refractivity (Wildman–Crippen MR) is 140 cm³/mol. The Labute approximate surface area is 211 Å². The molecule has 0 radical (unpaired) electrons. The molecule has 0 bridgehead atoms. The zero-order valence-electron chi connectivity index (χ0n) is 19.6. The van der Waals surface area contributed by atoms with Gasteiger partial charge < -0.3 is 19.2 Å². The van der Waals surface area contributed by atoms with E-state index in [1.54, 1.807) is 17.5 Å². The van der Waals surface area contributed by atoms with Crippen molar-refractivity contribution in [2.75, 3.05) is 6.61 Å². The Bertz CT molecular complexity index is 1510. The first kappa shape index (κ1) is 23.5. The van der Waals surface area contributed by atoms with Crippen LogP contribution in [0.2, 0.25) is 0 Å². The molecule has 182 valence electrons. The Morgan fingerprint density at radius 2 is 2.08 bits per heavy atom. The van der Waals surface area contributed by atoms with E-state index in [0.29, 0.717) is 19.6 Å². The van der Waals surface area contributed by atoms with Crippen molar-refractivity contribution in [1.29, 1.82) is 0 Å². The number of benzene rings is 2. The number of para-hydroxylation sites is 1. The smallest absolute Gasteiger partial charge is 0.350 e. The number of aromatic nitrogens is 3. The molecule has 9 heteroatoms. The van der Waals surface area contributed by atoms with Crippen molar-refractivity contribution in [3.05, 3.63) is 88.8 Å². The number of carboxylic acid groups (broad SMARTS) is 1. The second kappa shape index (κ2) is 10.6. The molecule has 0 amide bonds. The van der Waals surface area contributed by atoms with E-state index in [-0.39, 0.29) is 6.61 Å². The van der Waals surface area contributed by atoms with Crippen LogP contribution in [0.15, 0.2) is 72.1 Å². The third-order valence-electron chi connectivity index (χ3n) is 5.87. The minimum absolute atomic E-state index is 0.257. The lowest BCUT2D eigenvalue weighted by molar-refractivity contribution is -0.129. The molecule has 0 aliphatic rings. The number of carbonyl (C=O) groups is 1. The molecular formula is C27H24N4O4S. The van der Waals surface area contributed by atoms with Gasteiger partial charge in [-0.05, 0) is 54.4 Å². The number of nitrogens with zero attached hydrogens (tertiary/aromatic N) is 4. The number of thiazole rings is 1.